The first-order valence-corrected chi connectivity index (χ1v) is 12.4. The molecule has 32 heavy (non-hydrogen) atoms. The average molecular weight is 441 g/mol. The summed E-state index contributed by atoms with van der Waals surface area (Å²) < 4.78 is 0. The fourth-order valence-electron chi connectivity index (χ4n) is 6.71. The van der Waals surface area contributed by atoms with Gasteiger partial charge < -0.3 is 20.9 Å². The number of hydrogen-bond donors (Lipinski definition) is 3. The molecule has 6 heteroatoms. The minimum absolute atomic E-state index is 0.00729. The molecular formula is C26H40N4O2. The first-order chi connectivity index (χ1) is 15.4. The summed E-state index contributed by atoms with van der Waals surface area (Å²) in [5.74, 6) is 2.37. The lowest BCUT2D eigenvalue weighted by molar-refractivity contribution is -0.121. The lowest BCUT2D eigenvalue weighted by atomic mass is 9.53. The Balaban J connectivity index is 1.19. The summed E-state index contributed by atoms with van der Waals surface area (Å²) in [5.41, 5.74) is 2.52. The van der Waals surface area contributed by atoms with Gasteiger partial charge in [0.15, 0.2) is 0 Å². The Morgan fingerprint density at radius 2 is 1.59 bits per heavy atom. The summed E-state index contributed by atoms with van der Waals surface area (Å²) in [6, 6.07) is 8.61. The molecule has 0 heterocycles. The number of hydrogen-bond acceptors (Lipinski definition) is 3. The van der Waals surface area contributed by atoms with E-state index < -0.39 is 0 Å². The van der Waals surface area contributed by atoms with Gasteiger partial charge in [0, 0.05) is 25.0 Å². The monoisotopic (exact) mass is 440 g/mol. The fourth-order valence-corrected chi connectivity index (χ4v) is 6.71. The summed E-state index contributed by atoms with van der Waals surface area (Å²) in [4.78, 5) is 27.1. The second-order valence-electron chi connectivity index (χ2n) is 10.7. The quantitative estimate of drug-likeness (QED) is 0.549. The third-order valence-corrected chi connectivity index (χ3v) is 7.94. The number of urea groups is 1. The van der Waals surface area contributed by atoms with Gasteiger partial charge in [-0.05, 0) is 87.9 Å². The van der Waals surface area contributed by atoms with Crippen LogP contribution in [0.15, 0.2) is 24.3 Å². The predicted octanol–water partition coefficient (Wildman–Crippen LogP) is 3.63. The smallest absolute Gasteiger partial charge is 0.315 e. The van der Waals surface area contributed by atoms with Crippen molar-refractivity contribution in [1.29, 1.82) is 0 Å². The molecule has 1 atom stereocenters. The largest absolute Gasteiger partial charge is 0.354 e. The van der Waals surface area contributed by atoms with Crippen LogP contribution in [0.2, 0.25) is 0 Å². The van der Waals surface area contributed by atoms with Gasteiger partial charge in [0.05, 0.1) is 6.04 Å². The van der Waals surface area contributed by atoms with E-state index in [1.807, 2.05) is 14.1 Å². The van der Waals surface area contributed by atoms with E-state index in [0.717, 1.165) is 43.4 Å². The number of nitrogens with one attached hydrogen (secondary N) is 3. The van der Waals surface area contributed by atoms with Crippen molar-refractivity contribution in [2.24, 2.45) is 17.8 Å². The van der Waals surface area contributed by atoms with E-state index in [9.17, 15) is 9.59 Å². The zero-order valence-corrected chi connectivity index (χ0v) is 20.0. The Morgan fingerprint density at radius 1 is 1.00 bits per heavy atom. The van der Waals surface area contributed by atoms with Crippen LogP contribution in [-0.2, 0) is 11.2 Å². The number of aryl methyl sites for hydroxylation is 1. The second kappa shape index (κ2) is 9.82. The van der Waals surface area contributed by atoms with Crippen LogP contribution in [-0.4, -0.2) is 49.6 Å². The van der Waals surface area contributed by atoms with Crippen molar-refractivity contribution in [1.82, 2.24) is 20.9 Å². The Kier molecular flexibility index (Phi) is 7.08. The van der Waals surface area contributed by atoms with Crippen LogP contribution in [0.5, 0.6) is 0 Å². The number of carbonyl (C=O) groups is 2. The zero-order valence-electron chi connectivity index (χ0n) is 20.0. The van der Waals surface area contributed by atoms with Crippen molar-refractivity contribution in [2.75, 3.05) is 27.2 Å². The first-order valence-electron chi connectivity index (χ1n) is 12.4. The second-order valence-corrected chi connectivity index (χ2v) is 10.7. The molecular weight excluding hydrogens is 400 g/mol. The third-order valence-electron chi connectivity index (χ3n) is 7.94. The van der Waals surface area contributed by atoms with Crippen molar-refractivity contribution in [3.05, 3.63) is 35.4 Å². The molecule has 0 radical (unpaired) electrons. The Hall–Kier alpha value is -2.08. The standard InChI is InChI=1S/C26H40N4O2/c1-4-18-5-7-22(8-6-18)23(30(2)3)17-28-24(31)9-10-27-25(32)29-26-14-19-11-20(15-26)13-21(12-19)16-26/h5-8,19-21,23H,4,9-17H2,1-3H3,(H,28,31)(H2,27,29,32). The van der Waals surface area contributed by atoms with Crippen LogP contribution in [0.1, 0.15) is 69.0 Å². The van der Waals surface area contributed by atoms with E-state index in [1.54, 1.807) is 0 Å². The van der Waals surface area contributed by atoms with Crippen LogP contribution in [0.4, 0.5) is 4.79 Å². The normalized spacial score (nSPS) is 29.1. The molecule has 1 aromatic carbocycles. The summed E-state index contributed by atoms with van der Waals surface area (Å²) in [6.45, 7) is 3.06. The van der Waals surface area contributed by atoms with Crippen molar-refractivity contribution in [3.63, 3.8) is 0 Å². The topological polar surface area (TPSA) is 73.5 Å². The number of rotatable bonds is 9. The average Bonchev–Trinajstić information content (AvgIpc) is 2.72. The van der Waals surface area contributed by atoms with Crippen LogP contribution in [0.25, 0.3) is 0 Å². The van der Waals surface area contributed by atoms with Gasteiger partial charge in [0.25, 0.3) is 0 Å². The number of likely N-dealkylation sites (N-methyl/N-ethyl adjacent to an activating group) is 1. The van der Waals surface area contributed by atoms with E-state index >= 15 is 0 Å². The Bertz CT molecular complexity index is 769. The highest BCUT2D eigenvalue weighted by atomic mass is 16.2. The van der Waals surface area contributed by atoms with E-state index in [1.165, 1.54) is 30.4 Å². The molecule has 0 spiro atoms. The fraction of sp³-hybridized carbons (Fsp3) is 0.692. The van der Waals surface area contributed by atoms with Crippen molar-refractivity contribution in [2.45, 2.75) is 69.9 Å². The van der Waals surface area contributed by atoms with Gasteiger partial charge in [-0.2, -0.15) is 0 Å². The molecule has 176 valence electrons. The van der Waals surface area contributed by atoms with Crippen LogP contribution < -0.4 is 16.0 Å². The van der Waals surface area contributed by atoms with E-state index in [0.29, 0.717) is 19.5 Å². The molecule has 4 saturated carbocycles. The number of amides is 3. The summed E-state index contributed by atoms with van der Waals surface area (Å²) >= 11 is 0. The molecule has 0 aromatic heterocycles. The molecule has 0 aliphatic heterocycles. The zero-order chi connectivity index (χ0) is 22.7. The SMILES string of the molecule is CCc1ccc(C(CNC(=O)CCNC(=O)NC23CC4CC(CC(C4)C2)C3)N(C)C)cc1. The van der Waals surface area contributed by atoms with Crippen molar-refractivity contribution >= 4 is 11.9 Å². The summed E-state index contributed by atoms with van der Waals surface area (Å²) in [5, 5.41) is 9.27. The molecule has 3 N–H and O–H groups in total. The summed E-state index contributed by atoms with van der Waals surface area (Å²) in [6.07, 6.45) is 8.81. The highest BCUT2D eigenvalue weighted by Gasteiger charge is 2.51. The molecule has 0 saturated heterocycles. The van der Waals surface area contributed by atoms with Gasteiger partial charge in [-0.3, -0.25) is 4.79 Å². The molecule has 4 aliphatic carbocycles. The molecule has 5 rings (SSSR count). The lowest BCUT2D eigenvalue weighted by Gasteiger charge is -2.56. The lowest BCUT2D eigenvalue weighted by Crippen LogP contribution is -2.61. The molecule has 4 fully saturated rings. The van der Waals surface area contributed by atoms with E-state index in [-0.39, 0.29) is 23.5 Å². The van der Waals surface area contributed by atoms with Gasteiger partial charge in [-0.25, -0.2) is 4.79 Å². The molecule has 4 bridgehead atoms. The van der Waals surface area contributed by atoms with Gasteiger partial charge in [0.2, 0.25) is 5.91 Å². The highest BCUT2D eigenvalue weighted by molar-refractivity contribution is 5.78. The molecule has 6 nitrogen and oxygen atoms in total. The van der Waals surface area contributed by atoms with E-state index in [4.69, 9.17) is 0 Å². The maximum atomic E-state index is 12.5. The van der Waals surface area contributed by atoms with Gasteiger partial charge in [-0.1, -0.05) is 31.2 Å². The molecule has 4 aliphatic rings. The number of nitrogens with zero attached hydrogens (tertiary/aromatic N) is 1. The van der Waals surface area contributed by atoms with Gasteiger partial charge >= 0.3 is 6.03 Å². The number of benzene rings is 1. The van der Waals surface area contributed by atoms with Crippen molar-refractivity contribution < 1.29 is 9.59 Å². The highest BCUT2D eigenvalue weighted by Crippen LogP contribution is 2.55. The van der Waals surface area contributed by atoms with E-state index in [2.05, 4.69) is 52.0 Å². The minimum Gasteiger partial charge on any atom is -0.354 e. The molecule has 3 amide bonds. The maximum absolute atomic E-state index is 12.5. The Morgan fingerprint density at radius 3 is 2.12 bits per heavy atom. The van der Waals surface area contributed by atoms with Crippen LogP contribution >= 0.6 is 0 Å². The molecule has 1 unspecified atom stereocenters. The number of carbonyl (C=O) groups excluding carboxylic acids is 2. The summed E-state index contributed by atoms with van der Waals surface area (Å²) in [7, 11) is 4.06. The van der Waals surface area contributed by atoms with Gasteiger partial charge in [0.1, 0.15) is 0 Å². The third kappa shape index (κ3) is 5.45. The van der Waals surface area contributed by atoms with Crippen LogP contribution in [0.3, 0.4) is 0 Å². The first kappa shape index (κ1) is 23.1. The maximum Gasteiger partial charge on any atom is 0.315 e. The Labute approximate surface area is 192 Å². The molecule has 1 aromatic rings. The van der Waals surface area contributed by atoms with Gasteiger partial charge in [-0.15, -0.1) is 0 Å². The van der Waals surface area contributed by atoms with Crippen molar-refractivity contribution in [3.8, 4) is 0 Å². The van der Waals surface area contributed by atoms with Crippen LogP contribution in [0, 0.1) is 17.8 Å². The predicted molar refractivity (Wildman–Crippen MR) is 127 cm³/mol. The minimum atomic E-state index is -0.109.